The van der Waals surface area contributed by atoms with Crippen LogP contribution in [0.25, 0.3) is 100 Å². The molecular weight excluding hydrogens is 683 g/mol. The molecule has 5 heteroatoms. The topological polar surface area (TPSA) is 48.5 Å². The summed E-state index contributed by atoms with van der Waals surface area (Å²) in [5.74, 6) is 1.82. The highest BCUT2D eigenvalue weighted by Crippen LogP contribution is 2.44. The van der Waals surface area contributed by atoms with Crippen molar-refractivity contribution in [2.75, 3.05) is 0 Å². The van der Waals surface area contributed by atoms with Crippen molar-refractivity contribution >= 4 is 43.6 Å². The van der Waals surface area contributed by atoms with Crippen LogP contribution in [0.1, 0.15) is 0 Å². The second-order valence-corrected chi connectivity index (χ2v) is 14.0. The largest absolute Gasteiger partial charge is 0.308 e. The minimum Gasteiger partial charge on any atom is -0.308 e. The molecule has 56 heavy (non-hydrogen) atoms. The molecule has 0 fully saturated rings. The average molecular weight is 716 g/mol. The molecule has 8 aromatic carbocycles. The Morgan fingerprint density at radius 3 is 1.46 bits per heavy atom. The van der Waals surface area contributed by atoms with E-state index in [1.54, 1.807) is 0 Å². The summed E-state index contributed by atoms with van der Waals surface area (Å²) in [7, 11) is 0. The number of hydrogen-bond acceptors (Lipinski definition) is 3. The number of nitrogens with zero attached hydrogens (tertiary/aromatic N) is 5. The van der Waals surface area contributed by atoms with Crippen molar-refractivity contribution in [3.05, 3.63) is 200 Å². The molecule has 5 nitrogen and oxygen atoms in total. The van der Waals surface area contributed by atoms with Crippen molar-refractivity contribution in [2.24, 2.45) is 0 Å². The van der Waals surface area contributed by atoms with Gasteiger partial charge in [0.25, 0.3) is 0 Å². The SMILES string of the molecule is c1ccc(-c2ccc(-c3ccccc3)c(-n3c4ccccc4c4ccc5c(c6ccccc6n5-c5nc(-c6ccccc6)nc(-c6ccccc6)n5)c43)c2)cc1. The van der Waals surface area contributed by atoms with Gasteiger partial charge in [0.1, 0.15) is 0 Å². The molecule has 0 amide bonds. The van der Waals surface area contributed by atoms with Crippen molar-refractivity contribution in [2.45, 2.75) is 0 Å². The molecule has 11 rings (SSSR count). The fraction of sp³-hybridized carbons (Fsp3) is 0. The Balaban J connectivity index is 1.27. The van der Waals surface area contributed by atoms with Gasteiger partial charge in [0, 0.05) is 38.2 Å². The molecule has 0 saturated heterocycles. The number of rotatable bonds is 6. The van der Waals surface area contributed by atoms with Gasteiger partial charge in [-0.2, -0.15) is 9.97 Å². The van der Waals surface area contributed by atoms with E-state index in [4.69, 9.17) is 15.0 Å². The Morgan fingerprint density at radius 1 is 0.321 bits per heavy atom. The third-order valence-corrected chi connectivity index (χ3v) is 10.8. The third-order valence-electron chi connectivity index (χ3n) is 10.8. The molecule has 11 aromatic rings. The Labute approximate surface area is 323 Å². The van der Waals surface area contributed by atoms with Crippen molar-refractivity contribution in [1.29, 1.82) is 0 Å². The monoisotopic (exact) mass is 715 g/mol. The van der Waals surface area contributed by atoms with E-state index < -0.39 is 0 Å². The minimum absolute atomic E-state index is 0.571. The van der Waals surface area contributed by atoms with Crippen molar-refractivity contribution < 1.29 is 0 Å². The number of para-hydroxylation sites is 2. The van der Waals surface area contributed by atoms with Crippen LogP contribution in [-0.4, -0.2) is 24.1 Å². The van der Waals surface area contributed by atoms with Gasteiger partial charge in [-0.05, 0) is 41.0 Å². The van der Waals surface area contributed by atoms with E-state index in [2.05, 4.69) is 173 Å². The second-order valence-electron chi connectivity index (χ2n) is 14.0. The van der Waals surface area contributed by atoms with E-state index >= 15 is 0 Å². The van der Waals surface area contributed by atoms with Gasteiger partial charge >= 0.3 is 0 Å². The highest BCUT2D eigenvalue weighted by atomic mass is 15.2. The Morgan fingerprint density at radius 2 is 0.839 bits per heavy atom. The smallest absolute Gasteiger partial charge is 0.238 e. The van der Waals surface area contributed by atoms with Gasteiger partial charge in [0.15, 0.2) is 11.6 Å². The summed E-state index contributed by atoms with van der Waals surface area (Å²) < 4.78 is 4.70. The summed E-state index contributed by atoms with van der Waals surface area (Å²) in [6.07, 6.45) is 0. The molecule has 0 N–H and O–H groups in total. The molecule has 0 spiro atoms. The van der Waals surface area contributed by atoms with Gasteiger partial charge in [-0.3, -0.25) is 4.57 Å². The van der Waals surface area contributed by atoms with Crippen molar-refractivity contribution in [3.63, 3.8) is 0 Å². The van der Waals surface area contributed by atoms with Crippen LogP contribution in [-0.2, 0) is 0 Å². The van der Waals surface area contributed by atoms with Crippen molar-refractivity contribution in [3.8, 4) is 56.7 Å². The van der Waals surface area contributed by atoms with Crippen LogP contribution in [0.15, 0.2) is 200 Å². The first-order chi connectivity index (χ1) is 27.8. The number of hydrogen-bond donors (Lipinski definition) is 0. The highest BCUT2D eigenvalue weighted by molar-refractivity contribution is 6.26. The van der Waals surface area contributed by atoms with Gasteiger partial charge < -0.3 is 4.57 Å². The Bertz CT molecular complexity index is 3160. The van der Waals surface area contributed by atoms with Crippen LogP contribution in [0.3, 0.4) is 0 Å². The van der Waals surface area contributed by atoms with E-state index in [9.17, 15) is 0 Å². The lowest BCUT2D eigenvalue weighted by Gasteiger charge is -2.17. The maximum Gasteiger partial charge on any atom is 0.238 e. The quantitative estimate of drug-likeness (QED) is 0.172. The Hall–Kier alpha value is -7.63. The zero-order valence-electron chi connectivity index (χ0n) is 30.3. The molecule has 3 aromatic heterocycles. The van der Waals surface area contributed by atoms with Gasteiger partial charge in [0.2, 0.25) is 5.95 Å². The minimum atomic E-state index is 0.571. The van der Waals surface area contributed by atoms with E-state index in [0.29, 0.717) is 17.6 Å². The van der Waals surface area contributed by atoms with Gasteiger partial charge in [-0.15, -0.1) is 0 Å². The normalized spacial score (nSPS) is 11.6. The fourth-order valence-electron chi connectivity index (χ4n) is 8.26. The predicted octanol–water partition coefficient (Wildman–Crippen LogP) is 12.7. The molecule has 0 aliphatic heterocycles. The third kappa shape index (κ3) is 5.13. The van der Waals surface area contributed by atoms with Crippen LogP contribution in [0.5, 0.6) is 0 Å². The highest BCUT2D eigenvalue weighted by Gasteiger charge is 2.24. The van der Waals surface area contributed by atoms with Crippen molar-refractivity contribution in [1.82, 2.24) is 24.1 Å². The predicted molar refractivity (Wildman–Crippen MR) is 230 cm³/mol. The molecule has 0 aliphatic carbocycles. The summed E-state index contributed by atoms with van der Waals surface area (Å²) in [6.45, 7) is 0. The lowest BCUT2D eigenvalue weighted by molar-refractivity contribution is 0.953. The van der Waals surface area contributed by atoms with Gasteiger partial charge in [-0.25, -0.2) is 4.98 Å². The molecule has 0 radical (unpaired) electrons. The summed E-state index contributed by atoms with van der Waals surface area (Å²) >= 11 is 0. The first-order valence-electron chi connectivity index (χ1n) is 18.9. The fourth-order valence-corrected chi connectivity index (χ4v) is 8.26. The molecule has 3 heterocycles. The standard InChI is InChI=1S/C51H33N5/c1-5-17-34(18-6-1)38-29-30-39(35-19-7-2-8-20-35)46(33-38)55-43-27-15-13-25-40(43)41-31-32-45-47(48(41)55)42-26-14-16-28-44(42)56(45)51-53-49(36-21-9-3-10-22-36)52-50(54-51)37-23-11-4-12-24-37/h1-33H. The Kier molecular flexibility index (Phi) is 7.42. The molecule has 262 valence electrons. The van der Waals surface area contributed by atoms with Crippen LogP contribution < -0.4 is 0 Å². The molecule has 0 aliphatic rings. The lowest BCUT2D eigenvalue weighted by atomic mass is 9.97. The van der Waals surface area contributed by atoms with E-state index in [0.717, 1.165) is 66.3 Å². The zero-order chi connectivity index (χ0) is 37.0. The maximum absolute atomic E-state index is 5.21. The number of aromatic nitrogens is 5. The molecule has 0 atom stereocenters. The molecule has 0 unspecified atom stereocenters. The molecule has 0 bridgehead atoms. The van der Waals surface area contributed by atoms with Crippen LogP contribution in [0.2, 0.25) is 0 Å². The van der Waals surface area contributed by atoms with Gasteiger partial charge in [-0.1, -0.05) is 176 Å². The summed E-state index contributed by atoms with van der Waals surface area (Å²) in [5, 5.41) is 4.65. The van der Waals surface area contributed by atoms with Crippen LogP contribution in [0.4, 0.5) is 0 Å². The summed E-state index contributed by atoms with van der Waals surface area (Å²) in [6, 6.07) is 70.4. The van der Waals surface area contributed by atoms with Gasteiger partial charge in [0.05, 0.1) is 27.8 Å². The first-order valence-corrected chi connectivity index (χ1v) is 18.9. The number of fused-ring (bicyclic) bond motifs is 7. The van der Waals surface area contributed by atoms with E-state index in [1.807, 2.05) is 36.4 Å². The summed E-state index contributed by atoms with van der Waals surface area (Å²) in [4.78, 5) is 15.4. The lowest BCUT2D eigenvalue weighted by Crippen LogP contribution is -2.06. The number of benzene rings is 8. The summed E-state index contributed by atoms with van der Waals surface area (Å²) in [5.41, 5.74) is 12.0. The zero-order valence-corrected chi connectivity index (χ0v) is 30.3. The second kappa shape index (κ2) is 13.0. The molecule has 0 saturated carbocycles. The maximum atomic E-state index is 5.21. The van der Waals surface area contributed by atoms with Crippen LogP contribution >= 0.6 is 0 Å². The van der Waals surface area contributed by atoms with E-state index in [1.165, 1.54) is 16.3 Å². The van der Waals surface area contributed by atoms with E-state index in [-0.39, 0.29) is 0 Å². The average Bonchev–Trinajstić information content (AvgIpc) is 3.80. The first kappa shape index (κ1) is 31.9. The molecular formula is C51H33N5. The van der Waals surface area contributed by atoms with Crippen LogP contribution in [0, 0.1) is 0 Å².